The zero-order valence-electron chi connectivity index (χ0n) is 16.3. The number of carbonyl (C=O) groups excluding carboxylic acids is 1. The minimum absolute atomic E-state index is 0.0147. The number of carbonyl (C=O) groups is 1. The van der Waals surface area contributed by atoms with E-state index >= 15 is 0 Å². The van der Waals surface area contributed by atoms with Crippen LogP contribution in [0.4, 0.5) is 13.2 Å². The summed E-state index contributed by atoms with van der Waals surface area (Å²) in [6, 6.07) is 9.42. The molecule has 0 bridgehead atoms. The molecule has 29 heavy (non-hydrogen) atoms. The summed E-state index contributed by atoms with van der Waals surface area (Å²) in [5, 5.41) is 0.905. The molecule has 0 N–H and O–H groups in total. The maximum Gasteiger partial charge on any atom is 0.416 e. The fourth-order valence-corrected chi connectivity index (χ4v) is 3.56. The van der Waals surface area contributed by atoms with Gasteiger partial charge in [0.15, 0.2) is 0 Å². The van der Waals surface area contributed by atoms with Crippen molar-refractivity contribution in [2.75, 3.05) is 6.54 Å². The van der Waals surface area contributed by atoms with Crippen LogP contribution in [0.3, 0.4) is 0 Å². The van der Waals surface area contributed by atoms with Gasteiger partial charge in [0, 0.05) is 36.3 Å². The van der Waals surface area contributed by atoms with Gasteiger partial charge in [0.05, 0.1) is 11.3 Å². The van der Waals surface area contributed by atoms with E-state index in [9.17, 15) is 18.0 Å². The Kier molecular flexibility index (Phi) is 4.84. The van der Waals surface area contributed by atoms with Crippen LogP contribution in [-0.2, 0) is 17.5 Å². The van der Waals surface area contributed by atoms with E-state index in [0.717, 1.165) is 36.1 Å². The Balaban J connectivity index is 1.82. The Morgan fingerprint density at radius 1 is 1.21 bits per heavy atom. The van der Waals surface area contributed by atoms with Gasteiger partial charge in [-0.25, -0.2) is 4.98 Å². The van der Waals surface area contributed by atoms with Gasteiger partial charge in [0.1, 0.15) is 5.65 Å². The quantitative estimate of drug-likeness (QED) is 0.596. The lowest BCUT2D eigenvalue weighted by Crippen LogP contribution is -2.32. The largest absolute Gasteiger partial charge is 0.416 e. The Morgan fingerprint density at radius 2 is 1.97 bits per heavy atom. The lowest BCUT2D eigenvalue weighted by Gasteiger charge is -2.24. The number of hydrogen-bond donors (Lipinski definition) is 0. The van der Waals surface area contributed by atoms with Crippen LogP contribution < -0.4 is 0 Å². The molecular weight excluding hydrogens is 379 g/mol. The normalized spacial score (nSPS) is 14.4. The third-order valence-electron chi connectivity index (χ3n) is 5.32. The van der Waals surface area contributed by atoms with E-state index in [0.29, 0.717) is 23.4 Å². The fourth-order valence-electron chi connectivity index (χ4n) is 3.56. The predicted octanol–water partition coefficient (Wildman–Crippen LogP) is 5.11. The SMILES string of the molecule is CCN(Cc1cc(C(F)(F)F)ccc1-n1ccc2ccc(C)nc21)C(=O)C1CC1. The molecular formula is C22H22F3N3O. The highest BCUT2D eigenvalue weighted by Gasteiger charge is 2.34. The third kappa shape index (κ3) is 3.86. The zero-order valence-corrected chi connectivity index (χ0v) is 16.3. The van der Waals surface area contributed by atoms with Crippen molar-refractivity contribution in [3.05, 3.63) is 59.4 Å². The highest BCUT2D eigenvalue weighted by Crippen LogP contribution is 2.34. The zero-order chi connectivity index (χ0) is 20.8. The van der Waals surface area contributed by atoms with Crippen LogP contribution >= 0.6 is 0 Å². The number of aryl methyl sites for hydroxylation is 1. The van der Waals surface area contributed by atoms with E-state index in [4.69, 9.17) is 0 Å². The molecule has 0 atom stereocenters. The number of pyridine rings is 1. The minimum atomic E-state index is -4.45. The first-order chi connectivity index (χ1) is 13.8. The van der Waals surface area contributed by atoms with E-state index in [-0.39, 0.29) is 18.4 Å². The van der Waals surface area contributed by atoms with Crippen LogP contribution in [-0.4, -0.2) is 26.9 Å². The number of aromatic nitrogens is 2. The Hall–Kier alpha value is -2.83. The highest BCUT2D eigenvalue weighted by atomic mass is 19.4. The molecule has 1 aliphatic rings. The first-order valence-corrected chi connectivity index (χ1v) is 9.72. The number of halogens is 3. The van der Waals surface area contributed by atoms with Crippen molar-refractivity contribution in [1.29, 1.82) is 0 Å². The number of rotatable bonds is 5. The molecule has 1 aliphatic carbocycles. The standard InChI is InChI=1S/C22H22F3N3O/c1-3-27(21(29)16-6-7-16)13-17-12-18(22(23,24)25)8-9-19(17)28-11-10-15-5-4-14(2)26-20(15)28/h4-5,8-12,16H,3,6-7,13H2,1-2H3. The summed E-state index contributed by atoms with van der Waals surface area (Å²) in [5.41, 5.74) is 1.85. The minimum Gasteiger partial charge on any atom is -0.338 e. The van der Waals surface area contributed by atoms with Crippen molar-refractivity contribution in [1.82, 2.24) is 14.5 Å². The summed E-state index contributed by atoms with van der Waals surface area (Å²) < 4.78 is 41.9. The first kappa shape index (κ1) is 19.5. The van der Waals surface area contributed by atoms with E-state index in [1.165, 1.54) is 6.07 Å². The smallest absolute Gasteiger partial charge is 0.338 e. The molecule has 1 amide bonds. The van der Waals surface area contributed by atoms with Gasteiger partial charge in [-0.15, -0.1) is 0 Å². The monoisotopic (exact) mass is 401 g/mol. The second-order valence-electron chi connectivity index (χ2n) is 7.52. The topological polar surface area (TPSA) is 38.1 Å². The molecule has 0 aliphatic heterocycles. The summed E-state index contributed by atoms with van der Waals surface area (Å²) in [6.45, 7) is 4.31. The van der Waals surface area contributed by atoms with E-state index in [2.05, 4.69) is 4.98 Å². The maximum absolute atomic E-state index is 13.4. The van der Waals surface area contributed by atoms with Gasteiger partial charge in [-0.3, -0.25) is 4.79 Å². The summed E-state index contributed by atoms with van der Waals surface area (Å²) in [5.74, 6) is 0.0307. The van der Waals surface area contributed by atoms with Gasteiger partial charge < -0.3 is 9.47 Å². The average Bonchev–Trinajstić information content (AvgIpc) is 3.45. The molecule has 3 aromatic rings. The van der Waals surface area contributed by atoms with Crippen LogP contribution in [0, 0.1) is 12.8 Å². The molecule has 7 heteroatoms. The number of nitrogens with zero attached hydrogens (tertiary/aromatic N) is 3. The van der Waals surface area contributed by atoms with Crippen molar-refractivity contribution in [3.63, 3.8) is 0 Å². The predicted molar refractivity (Wildman–Crippen MR) is 105 cm³/mol. The van der Waals surface area contributed by atoms with Crippen LogP contribution in [0.2, 0.25) is 0 Å². The van der Waals surface area contributed by atoms with E-state index in [1.54, 1.807) is 9.47 Å². The van der Waals surface area contributed by atoms with Crippen molar-refractivity contribution < 1.29 is 18.0 Å². The molecule has 2 aromatic heterocycles. The molecule has 4 rings (SSSR count). The molecule has 0 unspecified atom stereocenters. The van der Waals surface area contributed by atoms with E-state index in [1.807, 2.05) is 38.2 Å². The van der Waals surface area contributed by atoms with Crippen LogP contribution in [0.1, 0.15) is 36.6 Å². The molecule has 152 valence electrons. The summed E-state index contributed by atoms with van der Waals surface area (Å²) in [7, 11) is 0. The molecule has 1 fully saturated rings. The Bertz CT molecular complexity index is 1070. The lowest BCUT2D eigenvalue weighted by molar-refractivity contribution is -0.137. The highest BCUT2D eigenvalue weighted by molar-refractivity contribution is 5.81. The fraction of sp³-hybridized carbons (Fsp3) is 0.364. The lowest BCUT2D eigenvalue weighted by atomic mass is 10.1. The Labute approximate surface area is 167 Å². The molecule has 2 heterocycles. The molecule has 0 saturated heterocycles. The van der Waals surface area contributed by atoms with Crippen LogP contribution in [0.25, 0.3) is 16.7 Å². The van der Waals surface area contributed by atoms with Gasteiger partial charge in [-0.1, -0.05) is 0 Å². The Morgan fingerprint density at radius 3 is 2.62 bits per heavy atom. The molecule has 1 aromatic carbocycles. The van der Waals surface area contributed by atoms with Crippen LogP contribution in [0.15, 0.2) is 42.6 Å². The molecule has 0 spiro atoms. The van der Waals surface area contributed by atoms with Gasteiger partial charge in [-0.05, 0) is 68.7 Å². The number of hydrogen-bond acceptors (Lipinski definition) is 2. The molecule has 0 radical (unpaired) electrons. The number of alkyl halides is 3. The molecule has 4 nitrogen and oxygen atoms in total. The van der Waals surface area contributed by atoms with E-state index < -0.39 is 11.7 Å². The number of fused-ring (bicyclic) bond motifs is 1. The summed E-state index contributed by atoms with van der Waals surface area (Å²) >= 11 is 0. The van der Waals surface area contributed by atoms with Crippen LogP contribution in [0.5, 0.6) is 0 Å². The van der Waals surface area contributed by atoms with Gasteiger partial charge in [0.25, 0.3) is 0 Å². The summed E-state index contributed by atoms with van der Waals surface area (Å²) in [4.78, 5) is 18.8. The average molecular weight is 401 g/mol. The van der Waals surface area contributed by atoms with Gasteiger partial charge in [-0.2, -0.15) is 13.2 Å². The van der Waals surface area contributed by atoms with Crippen molar-refractivity contribution in [2.45, 2.75) is 39.4 Å². The van der Waals surface area contributed by atoms with Gasteiger partial charge >= 0.3 is 6.18 Å². The maximum atomic E-state index is 13.4. The van der Waals surface area contributed by atoms with Crippen molar-refractivity contribution in [3.8, 4) is 5.69 Å². The number of amides is 1. The number of benzene rings is 1. The van der Waals surface area contributed by atoms with Gasteiger partial charge in [0.2, 0.25) is 5.91 Å². The second-order valence-corrected chi connectivity index (χ2v) is 7.52. The second kappa shape index (κ2) is 7.21. The third-order valence-corrected chi connectivity index (χ3v) is 5.32. The first-order valence-electron chi connectivity index (χ1n) is 9.72. The van der Waals surface area contributed by atoms with Crippen molar-refractivity contribution in [2.24, 2.45) is 5.92 Å². The summed E-state index contributed by atoms with van der Waals surface area (Å²) in [6.07, 6.45) is -0.924. The molecule has 1 saturated carbocycles. The van der Waals surface area contributed by atoms with Crippen molar-refractivity contribution >= 4 is 16.9 Å².